The maximum atomic E-state index is 11.7. The van der Waals surface area contributed by atoms with Crippen molar-refractivity contribution in [2.75, 3.05) is 5.01 Å². The van der Waals surface area contributed by atoms with E-state index in [0.717, 1.165) is 15.7 Å². The van der Waals surface area contributed by atoms with Gasteiger partial charge in [0.2, 0.25) is 0 Å². The van der Waals surface area contributed by atoms with Crippen LogP contribution in [0.3, 0.4) is 0 Å². The first-order chi connectivity index (χ1) is 10.7. The Balaban J connectivity index is 0.00000192. The number of nitrogens with zero attached hydrogens (tertiary/aromatic N) is 1. The van der Waals surface area contributed by atoms with E-state index in [-0.39, 0.29) is 7.43 Å². The number of hydrogen-bond donors (Lipinski definition) is 3. The Labute approximate surface area is 140 Å². The van der Waals surface area contributed by atoms with Gasteiger partial charge in [-0.1, -0.05) is 19.6 Å². The van der Waals surface area contributed by atoms with Gasteiger partial charge < -0.3 is 4.42 Å². The minimum Gasteiger partial charge on any atom is -0.468 e. The Hall–Kier alpha value is -1.96. The average Bonchev–Trinajstić information content (AvgIpc) is 3.27. The summed E-state index contributed by atoms with van der Waals surface area (Å²) in [4.78, 5) is 12.7. The van der Waals surface area contributed by atoms with E-state index in [1.807, 2.05) is 24.3 Å². The standard InChI is InChI=1S/C15H18N4O2S.CH4/c16-18-15(20)19(17)13-5-1-4-12(10-6-7-10)14(13)22-9-11-3-2-8-21-11;/h1-5,8,10H,6-7,9,16-17H2,(H,18,20);1H4. The number of nitrogens with one attached hydrogen (secondary N) is 1. The first-order valence-corrected chi connectivity index (χ1v) is 8.02. The van der Waals surface area contributed by atoms with E-state index in [9.17, 15) is 4.79 Å². The van der Waals surface area contributed by atoms with Crippen molar-refractivity contribution in [3.63, 3.8) is 0 Å². The zero-order chi connectivity index (χ0) is 15.5. The number of furan rings is 1. The van der Waals surface area contributed by atoms with E-state index in [0.29, 0.717) is 17.4 Å². The topological polar surface area (TPSA) is 97.5 Å². The predicted octanol–water partition coefficient (Wildman–Crippen LogP) is 3.35. The fraction of sp³-hybridized carbons (Fsp3) is 0.312. The lowest BCUT2D eigenvalue weighted by atomic mass is 10.1. The van der Waals surface area contributed by atoms with Crippen molar-refractivity contribution in [3.8, 4) is 0 Å². The molecular weight excluding hydrogens is 312 g/mol. The zero-order valence-corrected chi connectivity index (χ0v) is 12.8. The minimum absolute atomic E-state index is 0. The lowest BCUT2D eigenvalue weighted by Gasteiger charge is -2.21. The normalized spacial score (nSPS) is 13.3. The molecule has 1 aromatic carbocycles. The number of urea groups is 1. The van der Waals surface area contributed by atoms with E-state index < -0.39 is 6.03 Å². The summed E-state index contributed by atoms with van der Waals surface area (Å²) in [6, 6.07) is 9.09. The lowest BCUT2D eigenvalue weighted by Crippen LogP contribution is -2.47. The van der Waals surface area contributed by atoms with Crippen molar-refractivity contribution in [1.82, 2.24) is 5.43 Å². The van der Waals surface area contributed by atoms with Crippen LogP contribution < -0.4 is 22.1 Å². The summed E-state index contributed by atoms with van der Waals surface area (Å²) >= 11 is 1.62. The van der Waals surface area contributed by atoms with Crippen LogP contribution in [0.15, 0.2) is 45.9 Å². The maximum absolute atomic E-state index is 11.7. The third kappa shape index (κ3) is 3.87. The monoisotopic (exact) mass is 334 g/mol. The fourth-order valence-corrected chi connectivity index (χ4v) is 3.49. The molecule has 7 heteroatoms. The number of thioether (sulfide) groups is 1. The van der Waals surface area contributed by atoms with Gasteiger partial charge in [-0.2, -0.15) is 0 Å². The van der Waals surface area contributed by atoms with Gasteiger partial charge in [0.15, 0.2) is 0 Å². The van der Waals surface area contributed by atoms with Crippen LogP contribution in [0.25, 0.3) is 0 Å². The first kappa shape index (κ1) is 17.4. The summed E-state index contributed by atoms with van der Waals surface area (Å²) in [6.45, 7) is 0. The highest BCUT2D eigenvalue weighted by Crippen LogP contribution is 2.47. The molecule has 1 aliphatic rings. The summed E-state index contributed by atoms with van der Waals surface area (Å²) in [5.41, 5.74) is 3.95. The molecule has 5 N–H and O–H groups in total. The number of benzene rings is 1. The van der Waals surface area contributed by atoms with Crippen molar-refractivity contribution in [1.29, 1.82) is 0 Å². The molecule has 1 aromatic heterocycles. The third-order valence-electron chi connectivity index (χ3n) is 3.58. The average molecular weight is 334 g/mol. The summed E-state index contributed by atoms with van der Waals surface area (Å²) in [5.74, 6) is 13.2. The van der Waals surface area contributed by atoms with Crippen LogP contribution >= 0.6 is 11.8 Å². The zero-order valence-electron chi connectivity index (χ0n) is 12.0. The molecule has 2 aromatic rings. The molecule has 0 saturated heterocycles. The van der Waals surface area contributed by atoms with Crippen molar-refractivity contribution < 1.29 is 9.21 Å². The van der Waals surface area contributed by atoms with Gasteiger partial charge in [-0.05, 0) is 42.5 Å². The molecule has 2 amide bonds. The van der Waals surface area contributed by atoms with Crippen LogP contribution in [0, 0.1) is 0 Å². The Bertz CT molecular complexity index is 656. The van der Waals surface area contributed by atoms with Gasteiger partial charge in [0.25, 0.3) is 0 Å². The highest BCUT2D eigenvalue weighted by molar-refractivity contribution is 7.98. The molecule has 0 unspecified atom stereocenters. The number of hydrogen-bond acceptors (Lipinski definition) is 5. The molecule has 0 atom stereocenters. The van der Waals surface area contributed by atoms with Crippen LogP contribution in [0.5, 0.6) is 0 Å². The second-order valence-corrected chi connectivity index (χ2v) is 6.14. The molecule has 0 spiro atoms. The van der Waals surface area contributed by atoms with Gasteiger partial charge in [0.05, 0.1) is 17.7 Å². The quantitative estimate of drug-likeness (QED) is 0.337. The van der Waals surface area contributed by atoms with Crippen LogP contribution in [-0.2, 0) is 5.75 Å². The number of hydrazine groups is 2. The van der Waals surface area contributed by atoms with Crippen molar-refractivity contribution in [2.24, 2.45) is 11.7 Å². The molecule has 1 aliphatic carbocycles. The predicted molar refractivity (Wildman–Crippen MR) is 92.8 cm³/mol. The second kappa shape index (κ2) is 7.54. The van der Waals surface area contributed by atoms with E-state index >= 15 is 0 Å². The Morgan fingerprint density at radius 3 is 2.74 bits per heavy atom. The van der Waals surface area contributed by atoms with Crippen molar-refractivity contribution in [2.45, 2.75) is 36.8 Å². The number of anilines is 1. The summed E-state index contributed by atoms with van der Waals surface area (Å²) in [5, 5.41) is 1.05. The highest BCUT2D eigenvalue weighted by atomic mass is 32.2. The Morgan fingerprint density at radius 1 is 1.35 bits per heavy atom. The molecule has 0 bridgehead atoms. The molecule has 3 rings (SSSR count). The second-order valence-electron chi connectivity index (χ2n) is 5.16. The molecule has 23 heavy (non-hydrogen) atoms. The number of nitrogens with two attached hydrogens (primary N) is 2. The van der Waals surface area contributed by atoms with E-state index in [1.165, 1.54) is 18.4 Å². The third-order valence-corrected chi connectivity index (χ3v) is 4.74. The van der Waals surface area contributed by atoms with Gasteiger partial charge in [-0.15, -0.1) is 11.8 Å². The van der Waals surface area contributed by atoms with Crippen LogP contribution in [0.4, 0.5) is 10.5 Å². The smallest absolute Gasteiger partial charge is 0.350 e. The van der Waals surface area contributed by atoms with Gasteiger partial charge in [0.1, 0.15) is 5.76 Å². The van der Waals surface area contributed by atoms with Crippen LogP contribution in [-0.4, -0.2) is 6.03 Å². The molecular formula is C16H22N4O2S. The number of rotatable bonds is 5. The number of carbonyl (C=O) groups is 1. The largest absolute Gasteiger partial charge is 0.468 e. The fourth-order valence-electron chi connectivity index (χ4n) is 2.32. The molecule has 124 valence electrons. The minimum atomic E-state index is -0.548. The van der Waals surface area contributed by atoms with Crippen LogP contribution in [0.2, 0.25) is 0 Å². The summed E-state index contributed by atoms with van der Waals surface area (Å²) in [7, 11) is 0. The van der Waals surface area contributed by atoms with Gasteiger partial charge >= 0.3 is 6.03 Å². The maximum Gasteiger partial charge on any atom is 0.350 e. The molecule has 1 saturated carbocycles. The van der Waals surface area contributed by atoms with Crippen LogP contribution in [0.1, 0.15) is 37.5 Å². The van der Waals surface area contributed by atoms with E-state index in [4.69, 9.17) is 16.1 Å². The van der Waals surface area contributed by atoms with E-state index in [2.05, 4.69) is 11.5 Å². The van der Waals surface area contributed by atoms with Crippen molar-refractivity contribution in [3.05, 3.63) is 47.9 Å². The van der Waals surface area contributed by atoms with Gasteiger partial charge in [-0.3, -0.25) is 5.43 Å². The lowest BCUT2D eigenvalue weighted by molar-refractivity contribution is 0.246. The van der Waals surface area contributed by atoms with E-state index in [1.54, 1.807) is 18.0 Å². The van der Waals surface area contributed by atoms with Gasteiger partial charge in [-0.25, -0.2) is 21.5 Å². The SMILES string of the molecule is C.NNC(=O)N(N)c1cccc(C2CC2)c1SCc1ccco1. The first-order valence-electron chi connectivity index (χ1n) is 7.04. The molecule has 6 nitrogen and oxygen atoms in total. The molecule has 0 radical (unpaired) electrons. The Kier molecular flexibility index (Phi) is 5.70. The Morgan fingerprint density at radius 2 is 2.13 bits per heavy atom. The summed E-state index contributed by atoms with van der Waals surface area (Å²) in [6.07, 6.45) is 4.00. The molecule has 1 fully saturated rings. The highest BCUT2D eigenvalue weighted by Gasteiger charge is 2.29. The number of amides is 2. The molecule has 0 aliphatic heterocycles. The summed E-state index contributed by atoms with van der Waals surface area (Å²) < 4.78 is 5.38. The molecule has 1 heterocycles. The van der Waals surface area contributed by atoms with Crippen molar-refractivity contribution >= 4 is 23.5 Å². The number of carbonyl (C=O) groups excluding carboxylic acids is 1. The van der Waals surface area contributed by atoms with Gasteiger partial charge in [0, 0.05) is 4.90 Å².